The van der Waals surface area contributed by atoms with Gasteiger partial charge in [-0.15, -0.1) is 0 Å². The van der Waals surface area contributed by atoms with E-state index in [1.165, 1.54) is 22.0 Å². The molecule has 0 aliphatic carbocycles. The number of aromatic nitrogens is 1. The molecule has 1 saturated heterocycles. The minimum absolute atomic E-state index is 0.0608. The van der Waals surface area contributed by atoms with Crippen LogP contribution >= 0.6 is 0 Å². The normalized spacial score (nSPS) is 18.1. The number of aromatic amines is 1. The van der Waals surface area contributed by atoms with E-state index in [0.29, 0.717) is 6.79 Å². The minimum atomic E-state index is 0.0608. The maximum absolute atomic E-state index is 5.66. The van der Waals surface area contributed by atoms with Crippen molar-refractivity contribution in [1.82, 2.24) is 10.3 Å². The van der Waals surface area contributed by atoms with E-state index in [0.717, 1.165) is 50.6 Å². The molecule has 140 valence electrons. The molecule has 5 rings (SSSR count). The number of hydrogen-bond donors (Lipinski definition) is 2. The molecule has 0 unspecified atom stereocenters. The van der Waals surface area contributed by atoms with Crippen LogP contribution in [0.2, 0.25) is 0 Å². The lowest BCUT2D eigenvalue weighted by Crippen LogP contribution is -2.42. The van der Waals surface area contributed by atoms with Crippen LogP contribution in [0.5, 0.6) is 11.5 Å². The van der Waals surface area contributed by atoms with Gasteiger partial charge in [0.05, 0.1) is 0 Å². The first-order valence-electron chi connectivity index (χ1n) is 9.58. The van der Waals surface area contributed by atoms with Crippen LogP contribution in [0.15, 0.2) is 48.7 Å². The van der Waals surface area contributed by atoms with E-state index < -0.39 is 0 Å². The molecular weight excluding hydrogens is 340 g/mol. The van der Waals surface area contributed by atoms with Crippen molar-refractivity contribution >= 4 is 10.9 Å². The second-order valence-electron chi connectivity index (χ2n) is 7.42. The molecule has 2 aliphatic heterocycles. The van der Waals surface area contributed by atoms with Gasteiger partial charge >= 0.3 is 0 Å². The third-order valence-corrected chi connectivity index (χ3v) is 5.90. The standard InChI is InChI=1S/C22H24N2O3/c1-2-16(18-6-9-24-19(18)3-1)13-23-14-22(7-10-25-11-8-22)17-4-5-20-21(12-17)27-15-26-20/h1-6,9,12,23-24H,7-8,10-11,13-15H2. The summed E-state index contributed by atoms with van der Waals surface area (Å²) in [5, 5.41) is 5.01. The van der Waals surface area contributed by atoms with Gasteiger partial charge in [-0.05, 0) is 48.2 Å². The van der Waals surface area contributed by atoms with Gasteiger partial charge in [0.15, 0.2) is 11.5 Å². The zero-order valence-corrected chi connectivity index (χ0v) is 15.3. The van der Waals surface area contributed by atoms with Crippen molar-refractivity contribution in [2.24, 2.45) is 0 Å². The first-order chi connectivity index (χ1) is 13.3. The number of ether oxygens (including phenoxy) is 3. The number of rotatable bonds is 5. The SMILES string of the molecule is c1cc(CNCC2(c3ccc4c(c3)OCO4)CCOCC2)c2cc[nH]c2c1. The lowest BCUT2D eigenvalue weighted by Gasteiger charge is -2.38. The van der Waals surface area contributed by atoms with Crippen LogP contribution in [-0.4, -0.2) is 31.5 Å². The summed E-state index contributed by atoms with van der Waals surface area (Å²) in [6.45, 7) is 3.67. The zero-order valence-electron chi connectivity index (χ0n) is 15.3. The van der Waals surface area contributed by atoms with Crippen molar-refractivity contribution in [1.29, 1.82) is 0 Å². The van der Waals surface area contributed by atoms with Gasteiger partial charge in [0, 0.05) is 48.8 Å². The van der Waals surface area contributed by atoms with Crippen LogP contribution in [-0.2, 0) is 16.7 Å². The molecule has 0 saturated carbocycles. The highest BCUT2D eigenvalue weighted by atomic mass is 16.7. The van der Waals surface area contributed by atoms with E-state index in [1.807, 2.05) is 12.3 Å². The Morgan fingerprint density at radius 3 is 2.81 bits per heavy atom. The molecule has 5 nitrogen and oxygen atoms in total. The largest absolute Gasteiger partial charge is 0.454 e. The zero-order chi connectivity index (χ0) is 18.1. The smallest absolute Gasteiger partial charge is 0.231 e. The molecule has 0 atom stereocenters. The first kappa shape index (κ1) is 16.7. The van der Waals surface area contributed by atoms with Crippen molar-refractivity contribution in [3.8, 4) is 11.5 Å². The predicted octanol–water partition coefficient (Wildman–Crippen LogP) is 3.73. The molecule has 3 heterocycles. The Labute approximate surface area is 158 Å². The number of fused-ring (bicyclic) bond motifs is 2. The summed E-state index contributed by atoms with van der Waals surface area (Å²) in [4.78, 5) is 3.29. The van der Waals surface area contributed by atoms with E-state index in [9.17, 15) is 0 Å². The van der Waals surface area contributed by atoms with Crippen LogP contribution in [0, 0.1) is 0 Å². The molecule has 1 aromatic heterocycles. The van der Waals surface area contributed by atoms with Crippen LogP contribution < -0.4 is 14.8 Å². The summed E-state index contributed by atoms with van der Waals surface area (Å²) in [5.74, 6) is 1.70. The average Bonchev–Trinajstić information content (AvgIpc) is 3.37. The summed E-state index contributed by atoms with van der Waals surface area (Å²) in [6.07, 6.45) is 4.02. The third kappa shape index (κ3) is 3.07. The number of nitrogens with one attached hydrogen (secondary N) is 2. The Hall–Kier alpha value is -2.50. The lowest BCUT2D eigenvalue weighted by molar-refractivity contribution is 0.0497. The van der Waals surface area contributed by atoms with E-state index in [-0.39, 0.29) is 5.41 Å². The van der Waals surface area contributed by atoms with Gasteiger partial charge in [-0.2, -0.15) is 0 Å². The van der Waals surface area contributed by atoms with E-state index in [1.54, 1.807) is 0 Å². The summed E-state index contributed by atoms with van der Waals surface area (Å²) in [7, 11) is 0. The van der Waals surface area contributed by atoms with Crippen molar-refractivity contribution in [3.05, 3.63) is 59.8 Å². The summed E-state index contributed by atoms with van der Waals surface area (Å²) >= 11 is 0. The van der Waals surface area contributed by atoms with Crippen molar-refractivity contribution in [2.75, 3.05) is 26.6 Å². The molecule has 0 radical (unpaired) electrons. The molecule has 2 aliphatic rings. The molecule has 2 N–H and O–H groups in total. The molecule has 2 aromatic carbocycles. The summed E-state index contributed by atoms with van der Waals surface area (Å²) < 4.78 is 16.8. The molecular formula is C22H24N2O3. The highest BCUT2D eigenvalue weighted by Crippen LogP contribution is 2.40. The maximum Gasteiger partial charge on any atom is 0.231 e. The van der Waals surface area contributed by atoms with Crippen molar-refractivity contribution in [2.45, 2.75) is 24.8 Å². The topological polar surface area (TPSA) is 55.5 Å². The third-order valence-electron chi connectivity index (χ3n) is 5.90. The number of benzene rings is 2. The molecule has 0 bridgehead atoms. The fourth-order valence-electron chi connectivity index (χ4n) is 4.30. The Morgan fingerprint density at radius 1 is 1.00 bits per heavy atom. The fraction of sp³-hybridized carbons (Fsp3) is 0.364. The van der Waals surface area contributed by atoms with E-state index in [4.69, 9.17) is 14.2 Å². The van der Waals surface area contributed by atoms with E-state index >= 15 is 0 Å². The van der Waals surface area contributed by atoms with Gasteiger partial charge in [-0.25, -0.2) is 0 Å². The molecule has 27 heavy (non-hydrogen) atoms. The Morgan fingerprint density at radius 2 is 1.89 bits per heavy atom. The molecule has 0 spiro atoms. The van der Waals surface area contributed by atoms with Gasteiger partial charge in [0.25, 0.3) is 0 Å². The monoisotopic (exact) mass is 364 g/mol. The van der Waals surface area contributed by atoms with Crippen LogP contribution in [0.1, 0.15) is 24.0 Å². The predicted molar refractivity (Wildman–Crippen MR) is 104 cm³/mol. The van der Waals surface area contributed by atoms with Gasteiger partial charge in [-0.1, -0.05) is 18.2 Å². The highest BCUT2D eigenvalue weighted by Gasteiger charge is 2.35. The van der Waals surface area contributed by atoms with Crippen LogP contribution in [0.4, 0.5) is 0 Å². The van der Waals surface area contributed by atoms with Crippen molar-refractivity contribution < 1.29 is 14.2 Å². The molecule has 0 amide bonds. The summed E-state index contributed by atoms with van der Waals surface area (Å²) in [5.41, 5.74) is 3.88. The fourth-order valence-corrected chi connectivity index (χ4v) is 4.30. The maximum atomic E-state index is 5.66. The molecule has 5 heteroatoms. The second kappa shape index (κ2) is 6.91. The highest BCUT2D eigenvalue weighted by molar-refractivity contribution is 5.82. The van der Waals surface area contributed by atoms with Gasteiger partial charge in [0.2, 0.25) is 6.79 Å². The lowest BCUT2D eigenvalue weighted by atomic mass is 9.74. The quantitative estimate of drug-likeness (QED) is 0.724. The average molecular weight is 364 g/mol. The van der Waals surface area contributed by atoms with Gasteiger partial charge < -0.3 is 24.5 Å². The Kier molecular flexibility index (Phi) is 4.26. The number of hydrogen-bond acceptors (Lipinski definition) is 4. The Bertz CT molecular complexity index is 944. The summed E-state index contributed by atoms with van der Waals surface area (Å²) in [6, 6.07) is 14.9. The minimum Gasteiger partial charge on any atom is -0.454 e. The van der Waals surface area contributed by atoms with Crippen LogP contribution in [0.3, 0.4) is 0 Å². The van der Waals surface area contributed by atoms with Gasteiger partial charge in [-0.3, -0.25) is 0 Å². The van der Waals surface area contributed by atoms with Gasteiger partial charge in [0.1, 0.15) is 0 Å². The second-order valence-corrected chi connectivity index (χ2v) is 7.42. The van der Waals surface area contributed by atoms with E-state index in [2.05, 4.69) is 46.7 Å². The first-order valence-corrected chi connectivity index (χ1v) is 9.58. The number of H-pyrrole nitrogens is 1. The Balaban J connectivity index is 1.37. The molecule has 3 aromatic rings. The van der Waals surface area contributed by atoms with Crippen molar-refractivity contribution in [3.63, 3.8) is 0 Å². The van der Waals surface area contributed by atoms with Crippen LogP contribution in [0.25, 0.3) is 10.9 Å². The molecule has 1 fully saturated rings.